The molecule has 0 saturated carbocycles. The standard InChI is InChI=1S/C9H16N2OS/c1-2-8(7-10)11-9-3-5-13(12)6-4-9/h8-9,11H,2-6H2,1H3. The molecule has 13 heavy (non-hydrogen) atoms. The van der Waals surface area contributed by atoms with E-state index in [1.807, 2.05) is 6.92 Å². The highest BCUT2D eigenvalue weighted by Gasteiger charge is 2.19. The highest BCUT2D eigenvalue weighted by Crippen LogP contribution is 2.10. The second-order valence-corrected chi connectivity index (χ2v) is 5.08. The third-order valence-corrected chi connectivity index (χ3v) is 3.77. The molecule has 1 aliphatic rings. The van der Waals surface area contributed by atoms with Crippen molar-refractivity contribution < 1.29 is 4.21 Å². The van der Waals surface area contributed by atoms with Gasteiger partial charge in [0.05, 0.1) is 12.1 Å². The molecule has 0 amide bonds. The van der Waals surface area contributed by atoms with Gasteiger partial charge in [-0.25, -0.2) is 0 Å². The number of nitrogens with one attached hydrogen (secondary N) is 1. The van der Waals surface area contributed by atoms with Crippen molar-refractivity contribution in [1.82, 2.24) is 5.32 Å². The predicted octanol–water partition coefficient (Wildman–Crippen LogP) is 0.789. The molecule has 74 valence electrons. The maximum Gasteiger partial charge on any atom is 0.0952 e. The Morgan fingerprint density at radius 2 is 2.23 bits per heavy atom. The first-order chi connectivity index (χ1) is 6.26. The molecule has 1 saturated heterocycles. The van der Waals surface area contributed by atoms with Crippen LogP contribution in [0.3, 0.4) is 0 Å². The lowest BCUT2D eigenvalue weighted by atomic mass is 10.1. The zero-order valence-electron chi connectivity index (χ0n) is 7.95. The third-order valence-electron chi connectivity index (χ3n) is 2.39. The first-order valence-corrected chi connectivity index (χ1v) is 6.25. The van der Waals surface area contributed by atoms with E-state index in [0.29, 0.717) is 6.04 Å². The fourth-order valence-electron chi connectivity index (χ4n) is 1.49. The van der Waals surface area contributed by atoms with Crippen LogP contribution in [-0.2, 0) is 10.8 Å². The molecular weight excluding hydrogens is 184 g/mol. The molecule has 0 bridgehead atoms. The van der Waals surface area contributed by atoms with Crippen molar-refractivity contribution in [3.05, 3.63) is 0 Å². The largest absolute Gasteiger partial charge is 0.299 e. The summed E-state index contributed by atoms with van der Waals surface area (Å²) in [5.41, 5.74) is 0. The van der Waals surface area contributed by atoms with E-state index >= 15 is 0 Å². The first kappa shape index (κ1) is 10.7. The maximum atomic E-state index is 11.1. The molecule has 1 N–H and O–H groups in total. The average molecular weight is 200 g/mol. The van der Waals surface area contributed by atoms with E-state index in [1.165, 1.54) is 0 Å². The predicted molar refractivity (Wildman–Crippen MR) is 53.7 cm³/mol. The minimum atomic E-state index is -0.603. The van der Waals surface area contributed by atoms with E-state index in [2.05, 4.69) is 11.4 Å². The highest BCUT2D eigenvalue weighted by molar-refractivity contribution is 7.85. The van der Waals surface area contributed by atoms with Crippen LogP contribution in [0.4, 0.5) is 0 Å². The second kappa shape index (κ2) is 5.36. The number of nitriles is 1. The number of hydrogen-bond acceptors (Lipinski definition) is 3. The lowest BCUT2D eigenvalue weighted by molar-refractivity contribution is 0.438. The monoisotopic (exact) mass is 200 g/mol. The van der Waals surface area contributed by atoms with Gasteiger partial charge in [-0.15, -0.1) is 0 Å². The van der Waals surface area contributed by atoms with E-state index in [9.17, 15) is 4.21 Å². The quantitative estimate of drug-likeness (QED) is 0.733. The normalized spacial score (nSPS) is 30.8. The van der Waals surface area contributed by atoms with Crippen LogP contribution in [0.25, 0.3) is 0 Å². The van der Waals surface area contributed by atoms with Crippen LogP contribution < -0.4 is 5.32 Å². The van der Waals surface area contributed by atoms with Crippen LogP contribution >= 0.6 is 0 Å². The summed E-state index contributed by atoms with van der Waals surface area (Å²) >= 11 is 0. The van der Waals surface area contributed by atoms with Crippen LogP contribution in [0.5, 0.6) is 0 Å². The Morgan fingerprint density at radius 3 is 2.69 bits per heavy atom. The molecule has 0 radical (unpaired) electrons. The summed E-state index contributed by atoms with van der Waals surface area (Å²) in [4.78, 5) is 0. The smallest absolute Gasteiger partial charge is 0.0952 e. The Morgan fingerprint density at radius 1 is 1.62 bits per heavy atom. The Bertz CT molecular complexity index is 214. The van der Waals surface area contributed by atoms with Crippen molar-refractivity contribution in [2.75, 3.05) is 11.5 Å². The molecule has 0 aromatic heterocycles. The lowest BCUT2D eigenvalue weighted by Gasteiger charge is -2.24. The van der Waals surface area contributed by atoms with Gasteiger partial charge in [-0.3, -0.25) is 9.53 Å². The van der Waals surface area contributed by atoms with E-state index in [4.69, 9.17) is 5.26 Å². The number of rotatable bonds is 3. The first-order valence-electron chi connectivity index (χ1n) is 4.77. The summed E-state index contributed by atoms with van der Waals surface area (Å²) in [5.74, 6) is 1.58. The van der Waals surface area contributed by atoms with Gasteiger partial charge in [0, 0.05) is 28.3 Å². The fraction of sp³-hybridized carbons (Fsp3) is 0.889. The molecule has 0 aromatic rings. The van der Waals surface area contributed by atoms with Gasteiger partial charge in [-0.2, -0.15) is 5.26 Å². The molecule has 0 aliphatic carbocycles. The van der Waals surface area contributed by atoms with E-state index < -0.39 is 10.8 Å². The van der Waals surface area contributed by atoms with Crippen molar-refractivity contribution in [3.8, 4) is 6.07 Å². The average Bonchev–Trinajstić information content (AvgIpc) is 2.17. The zero-order valence-corrected chi connectivity index (χ0v) is 8.77. The third kappa shape index (κ3) is 3.45. The molecule has 3 nitrogen and oxygen atoms in total. The Balaban J connectivity index is 2.30. The van der Waals surface area contributed by atoms with Gasteiger partial charge in [0.25, 0.3) is 0 Å². The summed E-state index contributed by atoms with van der Waals surface area (Å²) in [5, 5.41) is 12.0. The van der Waals surface area contributed by atoms with E-state index in [-0.39, 0.29) is 6.04 Å². The molecule has 0 spiro atoms. The van der Waals surface area contributed by atoms with Crippen molar-refractivity contribution in [2.24, 2.45) is 0 Å². The molecule has 1 aliphatic heterocycles. The van der Waals surface area contributed by atoms with Gasteiger partial charge in [0.2, 0.25) is 0 Å². The van der Waals surface area contributed by atoms with Crippen molar-refractivity contribution in [2.45, 2.75) is 38.3 Å². The highest BCUT2D eigenvalue weighted by atomic mass is 32.2. The molecule has 4 heteroatoms. The number of nitrogens with zero attached hydrogens (tertiary/aromatic N) is 1. The van der Waals surface area contributed by atoms with Crippen LogP contribution in [0, 0.1) is 11.3 Å². The SMILES string of the molecule is CCC(C#N)NC1CCS(=O)CC1. The van der Waals surface area contributed by atoms with Crippen molar-refractivity contribution in [3.63, 3.8) is 0 Å². The molecule has 0 aromatic carbocycles. The summed E-state index contributed by atoms with van der Waals surface area (Å²) in [7, 11) is -0.603. The molecular formula is C9H16N2OS. The molecule has 1 heterocycles. The summed E-state index contributed by atoms with van der Waals surface area (Å²) in [6.45, 7) is 2.00. The molecule has 1 atom stereocenters. The van der Waals surface area contributed by atoms with Crippen LogP contribution in [0.2, 0.25) is 0 Å². The second-order valence-electron chi connectivity index (χ2n) is 3.38. The van der Waals surface area contributed by atoms with Gasteiger partial charge in [0.1, 0.15) is 0 Å². The minimum Gasteiger partial charge on any atom is -0.299 e. The van der Waals surface area contributed by atoms with E-state index in [1.54, 1.807) is 0 Å². The summed E-state index contributed by atoms with van der Waals surface area (Å²) in [6.07, 6.45) is 2.74. The maximum absolute atomic E-state index is 11.1. The molecule has 1 unspecified atom stereocenters. The van der Waals surface area contributed by atoms with Crippen molar-refractivity contribution >= 4 is 10.8 Å². The topological polar surface area (TPSA) is 52.9 Å². The Labute approximate surface area is 82.0 Å². The van der Waals surface area contributed by atoms with E-state index in [0.717, 1.165) is 30.8 Å². The molecule has 1 fully saturated rings. The Hall–Kier alpha value is -0.400. The number of hydrogen-bond donors (Lipinski definition) is 1. The van der Waals surface area contributed by atoms with Crippen LogP contribution in [0.1, 0.15) is 26.2 Å². The lowest BCUT2D eigenvalue weighted by Crippen LogP contribution is -2.41. The van der Waals surface area contributed by atoms with Crippen molar-refractivity contribution in [1.29, 1.82) is 5.26 Å². The van der Waals surface area contributed by atoms with Gasteiger partial charge < -0.3 is 0 Å². The fourth-order valence-corrected chi connectivity index (χ4v) is 2.79. The zero-order chi connectivity index (χ0) is 9.68. The summed E-state index contributed by atoms with van der Waals surface area (Å²) < 4.78 is 11.1. The Kier molecular flexibility index (Phi) is 4.40. The van der Waals surface area contributed by atoms with Crippen LogP contribution in [-0.4, -0.2) is 27.8 Å². The summed E-state index contributed by atoms with van der Waals surface area (Å²) in [6, 6.07) is 2.60. The minimum absolute atomic E-state index is 0.0310. The molecule has 1 rings (SSSR count). The van der Waals surface area contributed by atoms with Crippen LogP contribution in [0.15, 0.2) is 0 Å². The van der Waals surface area contributed by atoms with Gasteiger partial charge in [-0.05, 0) is 19.3 Å². The van der Waals surface area contributed by atoms with Gasteiger partial charge in [0.15, 0.2) is 0 Å². The van der Waals surface area contributed by atoms with Gasteiger partial charge in [-0.1, -0.05) is 6.92 Å². The van der Waals surface area contributed by atoms with Gasteiger partial charge >= 0.3 is 0 Å².